The Morgan fingerprint density at radius 3 is 3.00 bits per heavy atom. The van der Waals surface area contributed by atoms with E-state index in [2.05, 4.69) is 22.0 Å². The zero-order chi connectivity index (χ0) is 16.6. The summed E-state index contributed by atoms with van der Waals surface area (Å²) in [7, 11) is 0. The van der Waals surface area contributed by atoms with E-state index in [0.717, 1.165) is 23.4 Å². The summed E-state index contributed by atoms with van der Waals surface area (Å²) >= 11 is 1.65. The molecule has 1 saturated heterocycles. The monoisotopic (exact) mass is 353 g/mol. The molecule has 25 heavy (non-hydrogen) atoms. The van der Waals surface area contributed by atoms with Crippen molar-refractivity contribution in [3.05, 3.63) is 23.3 Å². The first-order valence-electron chi connectivity index (χ1n) is 10.2. The molecule has 1 aromatic heterocycles. The Labute approximate surface area is 153 Å². The molecule has 1 aliphatic heterocycles. The van der Waals surface area contributed by atoms with Crippen LogP contribution in [0, 0.1) is 11.8 Å². The van der Waals surface area contributed by atoms with E-state index in [9.17, 15) is 0 Å². The summed E-state index contributed by atoms with van der Waals surface area (Å²) < 4.78 is 1.29. The summed E-state index contributed by atoms with van der Waals surface area (Å²) in [5.74, 6) is 1.87. The van der Waals surface area contributed by atoms with Gasteiger partial charge >= 0.3 is 0 Å². The predicted octanol–water partition coefficient (Wildman–Crippen LogP) is 4.35. The molecule has 0 spiro atoms. The molecule has 2 N–H and O–H groups in total. The van der Waals surface area contributed by atoms with Crippen molar-refractivity contribution in [3.8, 4) is 0 Å². The van der Waals surface area contributed by atoms with Gasteiger partial charge in [0.15, 0.2) is 5.13 Å². The van der Waals surface area contributed by atoms with Crippen LogP contribution in [0.1, 0.15) is 56.1 Å². The van der Waals surface area contributed by atoms with E-state index >= 15 is 0 Å². The Hall–Kier alpha value is -1.13. The summed E-state index contributed by atoms with van der Waals surface area (Å²) in [6.07, 6.45) is 11.2. The number of anilines is 1. The number of hydrogen-bond donors (Lipinski definition) is 1. The summed E-state index contributed by atoms with van der Waals surface area (Å²) in [5.41, 5.74) is 10.8. The van der Waals surface area contributed by atoms with Crippen LogP contribution in [-0.4, -0.2) is 29.0 Å². The average molecular weight is 354 g/mol. The number of nitrogens with zero attached hydrogens (tertiary/aromatic N) is 2. The highest BCUT2D eigenvalue weighted by molar-refractivity contribution is 7.22. The van der Waals surface area contributed by atoms with Crippen molar-refractivity contribution >= 4 is 26.7 Å². The van der Waals surface area contributed by atoms with Gasteiger partial charge < -0.3 is 5.73 Å². The van der Waals surface area contributed by atoms with Gasteiger partial charge in [-0.1, -0.05) is 24.2 Å². The number of likely N-dealkylation sites (tertiary alicyclic amines) is 1. The fraction of sp³-hybridized carbons (Fsp3) is 0.667. The maximum absolute atomic E-state index is 6.01. The second-order valence-electron chi connectivity index (χ2n) is 9.00. The van der Waals surface area contributed by atoms with Crippen LogP contribution in [0.3, 0.4) is 0 Å². The molecule has 3 atom stereocenters. The highest BCUT2D eigenvalue weighted by Crippen LogP contribution is 2.56. The fourth-order valence-electron chi connectivity index (χ4n) is 6.39. The van der Waals surface area contributed by atoms with Crippen molar-refractivity contribution < 1.29 is 0 Å². The minimum absolute atomic E-state index is 0.434. The Bertz CT molecular complexity index is 839. The molecule has 3 fully saturated rings. The Balaban J connectivity index is 1.50. The van der Waals surface area contributed by atoms with Crippen molar-refractivity contribution in [2.75, 3.05) is 18.8 Å². The lowest BCUT2D eigenvalue weighted by Gasteiger charge is -2.59. The first kappa shape index (κ1) is 15.0. The fourth-order valence-corrected chi connectivity index (χ4v) is 7.17. The Morgan fingerprint density at radius 2 is 2.12 bits per heavy atom. The molecule has 3 aliphatic carbocycles. The Morgan fingerprint density at radius 1 is 1.20 bits per heavy atom. The Kier molecular flexibility index (Phi) is 3.11. The van der Waals surface area contributed by atoms with Gasteiger partial charge in [-0.15, -0.1) is 0 Å². The minimum atomic E-state index is 0.434. The molecular weight excluding hydrogens is 326 g/mol. The quantitative estimate of drug-likeness (QED) is 0.873. The molecule has 1 aromatic carbocycles. The summed E-state index contributed by atoms with van der Waals surface area (Å²) in [6.45, 7) is 2.68. The van der Waals surface area contributed by atoms with Crippen LogP contribution in [0.15, 0.2) is 12.1 Å². The number of nitrogen functional groups attached to an aromatic ring is 1. The minimum Gasteiger partial charge on any atom is -0.375 e. The van der Waals surface area contributed by atoms with Crippen LogP contribution >= 0.6 is 11.3 Å². The highest BCUT2D eigenvalue weighted by Gasteiger charge is 2.54. The maximum Gasteiger partial charge on any atom is 0.181 e. The lowest BCUT2D eigenvalue weighted by Crippen LogP contribution is -2.61. The van der Waals surface area contributed by atoms with Crippen molar-refractivity contribution in [2.45, 2.75) is 62.8 Å². The van der Waals surface area contributed by atoms with Crippen LogP contribution in [0.25, 0.3) is 10.2 Å². The zero-order valence-corrected chi connectivity index (χ0v) is 15.7. The van der Waals surface area contributed by atoms with Gasteiger partial charge in [-0.2, -0.15) is 0 Å². The van der Waals surface area contributed by atoms with Crippen LogP contribution in [0.5, 0.6) is 0 Å². The predicted molar refractivity (Wildman–Crippen MR) is 104 cm³/mol. The van der Waals surface area contributed by atoms with Gasteiger partial charge in [0.25, 0.3) is 0 Å². The molecule has 0 amide bonds. The molecule has 2 saturated carbocycles. The van der Waals surface area contributed by atoms with E-state index in [4.69, 9.17) is 5.73 Å². The van der Waals surface area contributed by atoms with E-state index in [0.29, 0.717) is 10.5 Å². The number of fused-ring (bicyclic) bond motifs is 2. The first-order valence-corrected chi connectivity index (χ1v) is 11.0. The summed E-state index contributed by atoms with van der Waals surface area (Å²) in [5, 5.41) is 0.716. The van der Waals surface area contributed by atoms with E-state index in [1.807, 2.05) is 0 Å². The van der Waals surface area contributed by atoms with Crippen LogP contribution < -0.4 is 5.73 Å². The summed E-state index contributed by atoms with van der Waals surface area (Å²) in [4.78, 5) is 7.50. The number of piperidine rings is 1. The van der Waals surface area contributed by atoms with Crippen molar-refractivity contribution in [3.63, 3.8) is 0 Å². The molecule has 4 heteroatoms. The highest BCUT2D eigenvalue weighted by atomic mass is 32.1. The molecule has 3 nitrogen and oxygen atoms in total. The lowest BCUT2D eigenvalue weighted by atomic mass is 9.52. The number of hydrogen-bond acceptors (Lipinski definition) is 4. The maximum atomic E-state index is 6.01. The molecule has 4 aliphatic rings. The number of thiazole rings is 1. The topological polar surface area (TPSA) is 42.1 Å². The molecular formula is C21H27N3S. The normalized spacial score (nSPS) is 34.7. The third-order valence-corrected chi connectivity index (χ3v) is 8.51. The van der Waals surface area contributed by atoms with Gasteiger partial charge in [0.05, 0.1) is 10.2 Å². The molecule has 2 heterocycles. The second-order valence-corrected chi connectivity index (χ2v) is 10.1. The van der Waals surface area contributed by atoms with Gasteiger partial charge in [-0.25, -0.2) is 4.98 Å². The third kappa shape index (κ3) is 2.16. The van der Waals surface area contributed by atoms with Gasteiger partial charge in [0.1, 0.15) is 0 Å². The molecule has 6 rings (SSSR count). The zero-order valence-electron chi connectivity index (χ0n) is 14.8. The van der Waals surface area contributed by atoms with Crippen LogP contribution in [0.2, 0.25) is 0 Å². The van der Waals surface area contributed by atoms with E-state index < -0.39 is 0 Å². The van der Waals surface area contributed by atoms with Gasteiger partial charge in [-0.3, -0.25) is 4.90 Å². The third-order valence-electron chi connectivity index (χ3n) is 7.66. The average Bonchev–Trinajstić information content (AvgIpc) is 3.35. The van der Waals surface area contributed by atoms with Gasteiger partial charge in [0.2, 0.25) is 0 Å². The smallest absolute Gasteiger partial charge is 0.181 e. The first-order chi connectivity index (χ1) is 12.2. The van der Waals surface area contributed by atoms with Gasteiger partial charge in [-0.05, 0) is 80.2 Å². The van der Waals surface area contributed by atoms with E-state index in [1.165, 1.54) is 69.2 Å². The van der Waals surface area contributed by atoms with Gasteiger partial charge in [0, 0.05) is 18.0 Å². The standard InChI is InChI=1S/C21H27N3S/c22-20-23-17-11-16-14(10-19(17)25-20)9-18-15-3-1-2-6-21(15,16)7-8-24(18)12-13-4-5-13/h10-11,13,15,18H,1-9,12H2,(H2,22,23)/t15?,18-,21-/m1/s1. The molecule has 2 aromatic rings. The lowest BCUT2D eigenvalue weighted by molar-refractivity contribution is -0.0132. The van der Waals surface area contributed by atoms with E-state index in [1.54, 1.807) is 22.5 Å². The summed E-state index contributed by atoms with van der Waals surface area (Å²) in [6, 6.07) is 5.66. The second kappa shape index (κ2) is 5.20. The molecule has 2 bridgehead atoms. The van der Waals surface area contributed by atoms with Crippen molar-refractivity contribution in [1.82, 2.24) is 9.88 Å². The van der Waals surface area contributed by atoms with Crippen molar-refractivity contribution in [2.24, 2.45) is 11.8 Å². The molecule has 132 valence electrons. The van der Waals surface area contributed by atoms with E-state index in [-0.39, 0.29) is 0 Å². The number of benzene rings is 1. The number of aromatic nitrogens is 1. The molecule has 0 radical (unpaired) electrons. The van der Waals surface area contributed by atoms with Crippen LogP contribution in [-0.2, 0) is 11.8 Å². The number of rotatable bonds is 2. The largest absolute Gasteiger partial charge is 0.375 e. The number of nitrogens with two attached hydrogens (primary N) is 1. The SMILES string of the molecule is Nc1nc2cc3c(cc2s1)C[C@@H]1C2CCCC[C@]32CCN1CC1CC1. The molecule has 1 unspecified atom stereocenters. The van der Waals surface area contributed by atoms with Crippen molar-refractivity contribution in [1.29, 1.82) is 0 Å². The van der Waals surface area contributed by atoms with Crippen LogP contribution in [0.4, 0.5) is 5.13 Å².